The predicted octanol–water partition coefficient (Wildman–Crippen LogP) is 2.06. The highest BCUT2D eigenvalue weighted by Crippen LogP contribution is 2.22. The van der Waals surface area contributed by atoms with Crippen LogP contribution in [-0.2, 0) is 11.2 Å². The number of anilines is 2. The molecule has 5 nitrogen and oxygen atoms in total. The average Bonchev–Trinajstić information content (AvgIpc) is 2.41. The normalized spacial score (nSPS) is 16.6. The van der Waals surface area contributed by atoms with Gasteiger partial charge in [0.2, 0.25) is 0 Å². The van der Waals surface area contributed by atoms with Crippen LogP contribution in [0.1, 0.15) is 32.3 Å². The van der Waals surface area contributed by atoms with E-state index in [0.717, 1.165) is 50.7 Å². The Labute approximate surface area is 108 Å². The van der Waals surface area contributed by atoms with Crippen LogP contribution in [-0.4, -0.2) is 35.8 Å². The molecule has 1 fully saturated rings. The van der Waals surface area contributed by atoms with Gasteiger partial charge in [-0.25, -0.2) is 9.97 Å². The van der Waals surface area contributed by atoms with Crippen molar-refractivity contribution in [3.8, 4) is 0 Å². The van der Waals surface area contributed by atoms with Gasteiger partial charge in [-0.2, -0.15) is 0 Å². The molecule has 2 heterocycles. The highest BCUT2D eigenvalue weighted by atomic mass is 16.5. The first-order chi connectivity index (χ1) is 8.85. The van der Waals surface area contributed by atoms with E-state index >= 15 is 0 Å². The maximum Gasteiger partial charge on any atom is 0.134 e. The molecule has 1 aliphatic heterocycles. The van der Waals surface area contributed by atoms with Gasteiger partial charge in [-0.3, -0.25) is 0 Å². The summed E-state index contributed by atoms with van der Waals surface area (Å²) < 4.78 is 5.37. The highest BCUT2D eigenvalue weighted by molar-refractivity contribution is 5.57. The van der Waals surface area contributed by atoms with Gasteiger partial charge in [0.15, 0.2) is 0 Å². The zero-order valence-corrected chi connectivity index (χ0v) is 11.2. The quantitative estimate of drug-likeness (QED) is 0.837. The Morgan fingerprint density at radius 2 is 1.94 bits per heavy atom. The van der Waals surface area contributed by atoms with E-state index in [2.05, 4.69) is 34.4 Å². The van der Waals surface area contributed by atoms with Crippen molar-refractivity contribution in [1.82, 2.24) is 9.97 Å². The summed E-state index contributed by atoms with van der Waals surface area (Å²) in [6, 6.07) is 0.466. The number of nitrogens with zero attached hydrogens (tertiary/aromatic N) is 2. The van der Waals surface area contributed by atoms with E-state index in [1.807, 2.05) is 0 Å². The Balaban J connectivity index is 2.12. The molecule has 1 aliphatic rings. The third-order valence-electron chi connectivity index (χ3n) is 3.21. The van der Waals surface area contributed by atoms with Crippen LogP contribution in [0.25, 0.3) is 0 Å². The lowest BCUT2D eigenvalue weighted by atomic mass is 10.1. The molecule has 0 bridgehead atoms. The number of nitrogens with one attached hydrogen (secondary N) is 2. The summed E-state index contributed by atoms with van der Waals surface area (Å²) in [7, 11) is 0. The second-order valence-electron chi connectivity index (χ2n) is 4.46. The molecule has 0 spiro atoms. The summed E-state index contributed by atoms with van der Waals surface area (Å²) in [4.78, 5) is 8.69. The van der Waals surface area contributed by atoms with Crippen molar-refractivity contribution in [1.29, 1.82) is 0 Å². The van der Waals surface area contributed by atoms with E-state index in [9.17, 15) is 0 Å². The maximum atomic E-state index is 5.37. The second-order valence-corrected chi connectivity index (χ2v) is 4.46. The lowest BCUT2D eigenvalue weighted by Gasteiger charge is -2.25. The van der Waals surface area contributed by atoms with Gasteiger partial charge in [0.25, 0.3) is 0 Å². The Bertz CT molecular complexity index is 377. The first kappa shape index (κ1) is 13.1. The summed E-state index contributed by atoms with van der Waals surface area (Å²) in [5.74, 6) is 1.92. The topological polar surface area (TPSA) is 59.1 Å². The van der Waals surface area contributed by atoms with Crippen LogP contribution in [0, 0.1) is 0 Å². The number of hydrogen-bond acceptors (Lipinski definition) is 5. The molecular weight excluding hydrogens is 228 g/mol. The first-order valence-corrected chi connectivity index (χ1v) is 6.77. The van der Waals surface area contributed by atoms with Crippen molar-refractivity contribution >= 4 is 11.6 Å². The predicted molar refractivity (Wildman–Crippen MR) is 73.0 cm³/mol. The van der Waals surface area contributed by atoms with Gasteiger partial charge < -0.3 is 15.4 Å². The molecule has 2 N–H and O–H groups in total. The summed E-state index contributed by atoms with van der Waals surface area (Å²) >= 11 is 0. The zero-order chi connectivity index (χ0) is 12.8. The van der Waals surface area contributed by atoms with E-state index in [1.165, 1.54) is 5.56 Å². The van der Waals surface area contributed by atoms with E-state index in [0.29, 0.717) is 6.04 Å². The molecule has 0 aromatic carbocycles. The van der Waals surface area contributed by atoms with E-state index < -0.39 is 0 Å². The van der Waals surface area contributed by atoms with Crippen LogP contribution in [0.3, 0.4) is 0 Å². The minimum absolute atomic E-state index is 0.466. The fourth-order valence-electron chi connectivity index (χ4n) is 2.23. The SMILES string of the molecule is CCNc1ncnc(NC2CCOCC2)c1CC. The molecular formula is C13H22N4O. The minimum atomic E-state index is 0.466. The van der Waals surface area contributed by atoms with Crippen molar-refractivity contribution < 1.29 is 4.74 Å². The van der Waals surface area contributed by atoms with Gasteiger partial charge >= 0.3 is 0 Å². The molecule has 0 amide bonds. The highest BCUT2D eigenvalue weighted by Gasteiger charge is 2.16. The van der Waals surface area contributed by atoms with E-state index in [1.54, 1.807) is 6.33 Å². The van der Waals surface area contributed by atoms with Crippen LogP contribution in [0.2, 0.25) is 0 Å². The standard InChI is InChI=1S/C13H22N4O/c1-3-11-12(14-4-2)15-9-16-13(11)17-10-5-7-18-8-6-10/h9-10H,3-8H2,1-2H3,(H2,14,15,16,17). The van der Waals surface area contributed by atoms with Gasteiger partial charge in [-0.05, 0) is 26.2 Å². The summed E-state index contributed by atoms with van der Waals surface area (Å²) in [5, 5.41) is 6.82. The molecule has 0 unspecified atom stereocenters. The van der Waals surface area contributed by atoms with Crippen molar-refractivity contribution in [2.24, 2.45) is 0 Å². The fraction of sp³-hybridized carbons (Fsp3) is 0.692. The van der Waals surface area contributed by atoms with Crippen LogP contribution in [0.5, 0.6) is 0 Å². The first-order valence-electron chi connectivity index (χ1n) is 6.77. The van der Waals surface area contributed by atoms with Crippen molar-refractivity contribution in [3.05, 3.63) is 11.9 Å². The Kier molecular flexibility index (Phi) is 4.75. The average molecular weight is 250 g/mol. The maximum absolute atomic E-state index is 5.37. The summed E-state index contributed by atoms with van der Waals surface area (Å²) in [6.07, 6.45) is 4.64. The molecule has 1 saturated heterocycles. The molecule has 18 heavy (non-hydrogen) atoms. The lowest BCUT2D eigenvalue weighted by Crippen LogP contribution is -2.29. The monoisotopic (exact) mass is 250 g/mol. The molecule has 100 valence electrons. The minimum Gasteiger partial charge on any atom is -0.381 e. The largest absolute Gasteiger partial charge is 0.381 e. The van der Waals surface area contributed by atoms with E-state index in [4.69, 9.17) is 4.74 Å². The smallest absolute Gasteiger partial charge is 0.134 e. The molecule has 5 heteroatoms. The molecule has 1 aromatic rings. The van der Waals surface area contributed by atoms with Gasteiger partial charge in [0.05, 0.1) is 0 Å². The molecule has 0 aliphatic carbocycles. The second kappa shape index (κ2) is 6.54. The van der Waals surface area contributed by atoms with Gasteiger partial charge in [-0.1, -0.05) is 6.92 Å². The third kappa shape index (κ3) is 3.10. The Morgan fingerprint density at radius 3 is 2.61 bits per heavy atom. The van der Waals surface area contributed by atoms with Crippen molar-refractivity contribution in [2.45, 2.75) is 39.2 Å². The number of hydrogen-bond donors (Lipinski definition) is 2. The number of rotatable bonds is 5. The van der Waals surface area contributed by atoms with Crippen LogP contribution in [0.4, 0.5) is 11.6 Å². The van der Waals surface area contributed by atoms with Crippen LogP contribution in [0.15, 0.2) is 6.33 Å². The summed E-state index contributed by atoms with van der Waals surface area (Å²) in [6.45, 7) is 6.76. The van der Waals surface area contributed by atoms with Crippen molar-refractivity contribution in [3.63, 3.8) is 0 Å². The fourth-order valence-corrected chi connectivity index (χ4v) is 2.23. The van der Waals surface area contributed by atoms with Gasteiger partial charge in [-0.15, -0.1) is 0 Å². The number of aromatic nitrogens is 2. The lowest BCUT2D eigenvalue weighted by molar-refractivity contribution is 0.0903. The molecule has 0 atom stereocenters. The molecule has 0 radical (unpaired) electrons. The number of ether oxygens (including phenoxy) is 1. The molecule has 0 saturated carbocycles. The molecule has 1 aromatic heterocycles. The zero-order valence-electron chi connectivity index (χ0n) is 11.2. The van der Waals surface area contributed by atoms with Crippen LogP contribution < -0.4 is 10.6 Å². The van der Waals surface area contributed by atoms with Gasteiger partial charge in [0, 0.05) is 31.4 Å². The van der Waals surface area contributed by atoms with E-state index in [-0.39, 0.29) is 0 Å². The Morgan fingerprint density at radius 1 is 1.22 bits per heavy atom. The summed E-state index contributed by atoms with van der Waals surface area (Å²) in [5.41, 5.74) is 1.17. The van der Waals surface area contributed by atoms with Crippen molar-refractivity contribution in [2.75, 3.05) is 30.4 Å². The van der Waals surface area contributed by atoms with Crippen LogP contribution >= 0.6 is 0 Å². The molecule has 2 rings (SSSR count). The third-order valence-corrected chi connectivity index (χ3v) is 3.21. The Hall–Kier alpha value is -1.36. The van der Waals surface area contributed by atoms with Gasteiger partial charge in [0.1, 0.15) is 18.0 Å².